The van der Waals surface area contributed by atoms with E-state index in [1.54, 1.807) is 20.8 Å². The van der Waals surface area contributed by atoms with Crippen molar-refractivity contribution >= 4 is 11.6 Å². The van der Waals surface area contributed by atoms with Crippen LogP contribution in [0.1, 0.15) is 54.4 Å². The van der Waals surface area contributed by atoms with Gasteiger partial charge in [0.25, 0.3) is 0 Å². The van der Waals surface area contributed by atoms with Crippen molar-refractivity contribution in [1.29, 1.82) is 0 Å². The molecule has 0 radical (unpaired) electrons. The molecule has 4 nitrogen and oxygen atoms in total. The molecule has 0 amide bonds. The molecular formula is C17H28O4. The topological polar surface area (TPSA) is 63.6 Å². The Kier molecular flexibility index (Phi) is 6.14. The number of aliphatic hydroxyl groups excluding tert-OH is 1. The number of carbonyl (C=O) groups is 2. The summed E-state index contributed by atoms with van der Waals surface area (Å²) in [6.45, 7) is 11.0. The SMILES string of the molecule is CCC(=O)[C@@H](C)[C@H](O)[C@@H](C)[C@@H]1OC(CC)=C(C)C(=O)[C@H]1C. The van der Waals surface area contributed by atoms with E-state index in [-0.39, 0.29) is 29.5 Å². The molecule has 0 saturated heterocycles. The third-order valence-corrected chi connectivity index (χ3v) is 4.72. The molecule has 0 aromatic rings. The zero-order valence-corrected chi connectivity index (χ0v) is 14.0. The number of hydrogen-bond acceptors (Lipinski definition) is 4. The van der Waals surface area contributed by atoms with Crippen molar-refractivity contribution in [2.45, 2.75) is 66.6 Å². The molecule has 0 aliphatic carbocycles. The number of ketones is 2. The van der Waals surface area contributed by atoms with Gasteiger partial charge in [0, 0.05) is 30.3 Å². The lowest BCUT2D eigenvalue weighted by Gasteiger charge is -2.38. The van der Waals surface area contributed by atoms with E-state index in [4.69, 9.17) is 4.74 Å². The fourth-order valence-corrected chi connectivity index (χ4v) is 3.06. The monoisotopic (exact) mass is 296 g/mol. The summed E-state index contributed by atoms with van der Waals surface area (Å²) in [5.41, 5.74) is 0.681. The standard InChI is InChI=1S/C17H28O4/c1-7-13(18)9(3)15(19)11(5)17-12(6)16(20)10(4)14(8-2)21-17/h9,11-12,15,17,19H,7-8H2,1-6H3/t9-,11-,12-,15+,17+/m1/s1. The van der Waals surface area contributed by atoms with Gasteiger partial charge < -0.3 is 9.84 Å². The van der Waals surface area contributed by atoms with Gasteiger partial charge in [-0.15, -0.1) is 0 Å². The van der Waals surface area contributed by atoms with Gasteiger partial charge in [-0.05, 0) is 6.92 Å². The molecule has 0 spiro atoms. The molecule has 1 aliphatic rings. The Morgan fingerprint density at radius 2 is 1.90 bits per heavy atom. The molecular weight excluding hydrogens is 268 g/mol. The van der Waals surface area contributed by atoms with Gasteiger partial charge >= 0.3 is 0 Å². The zero-order chi connectivity index (χ0) is 16.3. The highest BCUT2D eigenvalue weighted by Gasteiger charge is 2.41. The van der Waals surface area contributed by atoms with Crippen molar-refractivity contribution in [2.24, 2.45) is 17.8 Å². The van der Waals surface area contributed by atoms with Gasteiger partial charge in [0.1, 0.15) is 17.6 Å². The molecule has 1 N–H and O–H groups in total. The first-order valence-electron chi connectivity index (χ1n) is 7.87. The van der Waals surface area contributed by atoms with E-state index in [0.29, 0.717) is 24.2 Å². The zero-order valence-electron chi connectivity index (χ0n) is 14.0. The van der Waals surface area contributed by atoms with Crippen LogP contribution in [-0.2, 0) is 14.3 Å². The number of carbonyl (C=O) groups excluding carboxylic acids is 2. The summed E-state index contributed by atoms with van der Waals surface area (Å²) >= 11 is 0. The summed E-state index contributed by atoms with van der Waals surface area (Å²) in [6.07, 6.45) is -0.107. The Balaban J connectivity index is 2.94. The van der Waals surface area contributed by atoms with Gasteiger partial charge in [0.15, 0.2) is 5.78 Å². The van der Waals surface area contributed by atoms with Crippen LogP contribution in [0.5, 0.6) is 0 Å². The number of rotatable bonds is 6. The van der Waals surface area contributed by atoms with Crippen LogP contribution >= 0.6 is 0 Å². The van der Waals surface area contributed by atoms with Gasteiger partial charge in [-0.1, -0.05) is 34.6 Å². The average molecular weight is 296 g/mol. The second kappa shape index (κ2) is 7.21. The first kappa shape index (κ1) is 17.9. The van der Waals surface area contributed by atoms with E-state index in [1.165, 1.54) is 0 Å². The van der Waals surface area contributed by atoms with Crippen molar-refractivity contribution in [3.8, 4) is 0 Å². The second-order valence-electron chi connectivity index (χ2n) is 6.10. The van der Waals surface area contributed by atoms with Crippen LogP contribution in [0.25, 0.3) is 0 Å². The highest BCUT2D eigenvalue weighted by atomic mass is 16.5. The van der Waals surface area contributed by atoms with E-state index in [0.717, 1.165) is 0 Å². The fraction of sp³-hybridized carbons (Fsp3) is 0.765. The first-order chi connectivity index (χ1) is 9.76. The molecule has 120 valence electrons. The Bertz CT molecular complexity index is 438. The van der Waals surface area contributed by atoms with E-state index < -0.39 is 12.0 Å². The average Bonchev–Trinajstić information content (AvgIpc) is 2.50. The Morgan fingerprint density at radius 1 is 1.33 bits per heavy atom. The lowest BCUT2D eigenvalue weighted by Crippen LogP contribution is -2.45. The molecule has 0 aromatic heterocycles. The summed E-state index contributed by atoms with van der Waals surface area (Å²) in [5, 5.41) is 10.4. The van der Waals surface area contributed by atoms with E-state index in [9.17, 15) is 14.7 Å². The minimum absolute atomic E-state index is 0.0339. The van der Waals surface area contributed by atoms with Crippen LogP contribution in [0, 0.1) is 17.8 Å². The van der Waals surface area contributed by atoms with Crippen molar-refractivity contribution in [1.82, 2.24) is 0 Å². The lowest BCUT2D eigenvalue weighted by atomic mass is 9.78. The van der Waals surface area contributed by atoms with Crippen LogP contribution in [-0.4, -0.2) is 28.9 Å². The van der Waals surface area contributed by atoms with Gasteiger partial charge in [0.2, 0.25) is 0 Å². The second-order valence-corrected chi connectivity index (χ2v) is 6.10. The Labute approximate surface area is 127 Å². The molecule has 1 heterocycles. The maximum atomic E-state index is 12.3. The van der Waals surface area contributed by atoms with Gasteiger partial charge in [-0.25, -0.2) is 0 Å². The molecule has 1 rings (SSSR count). The third kappa shape index (κ3) is 3.54. The summed E-state index contributed by atoms with van der Waals surface area (Å²) in [5.74, 6) is -0.189. The molecule has 4 heteroatoms. The normalized spacial score (nSPS) is 27.1. The van der Waals surface area contributed by atoms with Crippen LogP contribution in [0.2, 0.25) is 0 Å². The van der Waals surface area contributed by atoms with E-state index >= 15 is 0 Å². The summed E-state index contributed by atoms with van der Waals surface area (Å²) < 4.78 is 5.96. The van der Waals surface area contributed by atoms with Crippen molar-refractivity contribution in [3.05, 3.63) is 11.3 Å². The lowest BCUT2D eigenvalue weighted by molar-refractivity contribution is -0.134. The molecule has 0 aromatic carbocycles. The molecule has 0 saturated carbocycles. The number of Topliss-reactive ketones (excluding diaryl/α,β-unsaturated/α-hetero) is 2. The van der Waals surface area contributed by atoms with Crippen molar-refractivity contribution in [2.75, 3.05) is 0 Å². The smallest absolute Gasteiger partial charge is 0.168 e. The van der Waals surface area contributed by atoms with Crippen LogP contribution in [0.15, 0.2) is 11.3 Å². The largest absolute Gasteiger partial charge is 0.493 e. The van der Waals surface area contributed by atoms with Crippen molar-refractivity contribution in [3.63, 3.8) is 0 Å². The summed E-state index contributed by atoms with van der Waals surface area (Å²) in [6, 6.07) is 0. The predicted molar refractivity (Wildman–Crippen MR) is 81.7 cm³/mol. The van der Waals surface area contributed by atoms with Gasteiger partial charge in [0.05, 0.1) is 12.0 Å². The molecule has 5 atom stereocenters. The molecule has 0 unspecified atom stereocenters. The van der Waals surface area contributed by atoms with E-state index in [1.807, 2.05) is 20.8 Å². The molecule has 0 bridgehead atoms. The number of aliphatic hydroxyl groups is 1. The van der Waals surface area contributed by atoms with Gasteiger partial charge in [-0.2, -0.15) is 0 Å². The van der Waals surface area contributed by atoms with Crippen molar-refractivity contribution < 1.29 is 19.4 Å². The fourth-order valence-electron chi connectivity index (χ4n) is 3.06. The number of hydrogen-bond donors (Lipinski definition) is 1. The molecule has 21 heavy (non-hydrogen) atoms. The summed E-state index contributed by atoms with van der Waals surface area (Å²) in [4.78, 5) is 24.1. The highest BCUT2D eigenvalue weighted by Crippen LogP contribution is 2.34. The quantitative estimate of drug-likeness (QED) is 0.818. The minimum Gasteiger partial charge on any atom is -0.493 e. The first-order valence-corrected chi connectivity index (χ1v) is 7.87. The highest BCUT2D eigenvalue weighted by molar-refractivity contribution is 5.98. The predicted octanol–water partition coefficient (Wildman–Crippen LogP) is 2.89. The third-order valence-electron chi connectivity index (χ3n) is 4.72. The van der Waals surface area contributed by atoms with Crippen LogP contribution in [0.4, 0.5) is 0 Å². The molecule has 0 fully saturated rings. The van der Waals surface area contributed by atoms with Crippen LogP contribution in [0.3, 0.4) is 0 Å². The maximum Gasteiger partial charge on any atom is 0.168 e. The van der Waals surface area contributed by atoms with Crippen LogP contribution < -0.4 is 0 Å². The Hall–Kier alpha value is -1.16. The van der Waals surface area contributed by atoms with E-state index in [2.05, 4.69) is 0 Å². The maximum absolute atomic E-state index is 12.3. The van der Waals surface area contributed by atoms with Gasteiger partial charge in [-0.3, -0.25) is 9.59 Å². The Morgan fingerprint density at radius 3 is 2.38 bits per heavy atom. The minimum atomic E-state index is -0.797. The summed E-state index contributed by atoms with van der Waals surface area (Å²) in [7, 11) is 0. The number of ether oxygens (including phenoxy) is 1. The molecule has 1 aliphatic heterocycles. The number of allylic oxidation sites excluding steroid dienone is 2.